The van der Waals surface area contributed by atoms with Crippen molar-refractivity contribution in [1.29, 1.82) is 0 Å². The lowest BCUT2D eigenvalue weighted by atomic mass is 10.1. The molecule has 0 radical (unpaired) electrons. The Morgan fingerprint density at radius 1 is 1.23 bits per heavy atom. The molecule has 6 nitrogen and oxygen atoms in total. The molecule has 22 heavy (non-hydrogen) atoms. The van der Waals surface area contributed by atoms with Crippen LogP contribution in [0.1, 0.15) is 12.8 Å². The molecule has 1 fully saturated rings. The summed E-state index contributed by atoms with van der Waals surface area (Å²) in [6.07, 6.45) is 1.85. The molecule has 1 aromatic carbocycles. The number of benzene rings is 1. The van der Waals surface area contributed by atoms with Crippen molar-refractivity contribution in [3.8, 4) is 0 Å². The highest BCUT2D eigenvalue weighted by Crippen LogP contribution is 2.09. The molecule has 1 aromatic rings. The molecule has 0 bridgehead atoms. The topological polar surface area (TPSA) is 78.5 Å². The summed E-state index contributed by atoms with van der Waals surface area (Å²) >= 11 is 0. The minimum Gasteiger partial charge on any atom is -0.337 e. The lowest BCUT2D eigenvalue weighted by Gasteiger charge is -2.29. The van der Waals surface area contributed by atoms with Crippen LogP contribution in [0.3, 0.4) is 0 Å². The Bertz CT molecular complexity index is 581. The Labute approximate surface area is 131 Å². The van der Waals surface area contributed by atoms with Crippen molar-refractivity contribution >= 4 is 15.9 Å². The van der Waals surface area contributed by atoms with Gasteiger partial charge < -0.3 is 15.5 Å². The number of sulfone groups is 1. The van der Waals surface area contributed by atoms with Crippen LogP contribution < -0.4 is 10.6 Å². The minimum atomic E-state index is -3.35. The number of piperidine rings is 1. The molecular weight excluding hydrogens is 302 g/mol. The Hall–Kier alpha value is -1.60. The zero-order chi connectivity index (χ0) is 16.0. The van der Waals surface area contributed by atoms with Gasteiger partial charge in [0.1, 0.15) is 0 Å². The van der Waals surface area contributed by atoms with Gasteiger partial charge in [0.2, 0.25) is 0 Å². The summed E-state index contributed by atoms with van der Waals surface area (Å²) in [5.41, 5.74) is 0. The number of nitrogens with zero attached hydrogens (tertiary/aromatic N) is 1. The van der Waals surface area contributed by atoms with Crippen molar-refractivity contribution in [3.05, 3.63) is 30.3 Å². The third kappa shape index (κ3) is 4.99. The molecule has 0 aromatic heterocycles. The van der Waals surface area contributed by atoms with Crippen LogP contribution >= 0.6 is 0 Å². The van der Waals surface area contributed by atoms with E-state index in [-0.39, 0.29) is 29.3 Å². The second-order valence-electron chi connectivity index (χ2n) is 5.61. The van der Waals surface area contributed by atoms with Crippen molar-refractivity contribution in [2.75, 3.05) is 32.4 Å². The van der Waals surface area contributed by atoms with E-state index in [1.165, 1.54) is 0 Å². The predicted octanol–water partition coefficient (Wildman–Crippen LogP) is 0.854. The second-order valence-corrected chi connectivity index (χ2v) is 7.72. The molecule has 2 rings (SSSR count). The van der Waals surface area contributed by atoms with Gasteiger partial charge in [-0.25, -0.2) is 13.2 Å². The zero-order valence-corrected chi connectivity index (χ0v) is 13.6. The normalized spacial score (nSPS) is 17.1. The molecule has 0 spiro atoms. The highest BCUT2D eigenvalue weighted by Gasteiger charge is 2.19. The fourth-order valence-corrected chi connectivity index (χ4v) is 3.61. The summed E-state index contributed by atoms with van der Waals surface area (Å²) in [5.74, 6) is -0.0994. The van der Waals surface area contributed by atoms with Crippen LogP contribution in [-0.4, -0.2) is 57.8 Å². The lowest BCUT2D eigenvalue weighted by molar-refractivity contribution is 0.214. The van der Waals surface area contributed by atoms with Gasteiger partial charge in [0.15, 0.2) is 9.84 Å². The van der Waals surface area contributed by atoms with E-state index in [0.29, 0.717) is 0 Å². The smallest absolute Gasteiger partial charge is 0.315 e. The average Bonchev–Trinajstić information content (AvgIpc) is 2.50. The Morgan fingerprint density at radius 2 is 1.86 bits per heavy atom. The van der Waals surface area contributed by atoms with E-state index in [2.05, 4.69) is 22.6 Å². The van der Waals surface area contributed by atoms with Crippen LogP contribution in [0.25, 0.3) is 0 Å². The number of amides is 2. The first-order valence-electron chi connectivity index (χ1n) is 7.48. The molecule has 2 N–H and O–H groups in total. The standard InChI is InChI=1S/C15H23N3O3S/c1-18-10-7-13(8-11-18)17-15(19)16-9-12-22(20,21)14-5-3-2-4-6-14/h2-6,13H,7-12H2,1H3,(H2,16,17,19). The van der Waals surface area contributed by atoms with Gasteiger partial charge in [0.25, 0.3) is 0 Å². The number of nitrogens with one attached hydrogen (secondary N) is 2. The number of hydrogen-bond acceptors (Lipinski definition) is 4. The molecule has 2 amide bonds. The van der Waals surface area contributed by atoms with Gasteiger partial charge in [-0.05, 0) is 45.1 Å². The summed E-state index contributed by atoms with van der Waals surface area (Å²) in [7, 11) is -1.29. The van der Waals surface area contributed by atoms with Crippen LogP contribution in [0, 0.1) is 0 Å². The van der Waals surface area contributed by atoms with Gasteiger partial charge in [-0.1, -0.05) is 18.2 Å². The number of likely N-dealkylation sites (tertiary alicyclic amines) is 1. The monoisotopic (exact) mass is 325 g/mol. The van der Waals surface area contributed by atoms with Crippen molar-refractivity contribution < 1.29 is 13.2 Å². The molecule has 0 aliphatic carbocycles. The van der Waals surface area contributed by atoms with E-state index >= 15 is 0 Å². The molecule has 0 saturated carbocycles. The SMILES string of the molecule is CN1CCC(NC(=O)NCCS(=O)(=O)c2ccccc2)CC1. The number of rotatable bonds is 5. The van der Waals surface area contributed by atoms with Crippen LogP contribution in [0.4, 0.5) is 4.79 Å². The summed E-state index contributed by atoms with van der Waals surface area (Å²) in [6.45, 7) is 2.04. The van der Waals surface area contributed by atoms with Crippen molar-refractivity contribution in [3.63, 3.8) is 0 Å². The van der Waals surface area contributed by atoms with Gasteiger partial charge in [0, 0.05) is 12.6 Å². The van der Waals surface area contributed by atoms with Crippen molar-refractivity contribution in [2.45, 2.75) is 23.8 Å². The molecule has 1 heterocycles. The van der Waals surface area contributed by atoms with E-state index < -0.39 is 9.84 Å². The highest BCUT2D eigenvalue weighted by molar-refractivity contribution is 7.91. The van der Waals surface area contributed by atoms with Crippen LogP contribution in [0.2, 0.25) is 0 Å². The van der Waals surface area contributed by atoms with E-state index in [1.54, 1.807) is 30.3 Å². The van der Waals surface area contributed by atoms with Gasteiger partial charge in [-0.2, -0.15) is 0 Å². The fraction of sp³-hybridized carbons (Fsp3) is 0.533. The third-order valence-corrected chi connectivity index (χ3v) is 5.54. The molecule has 7 heteroatoms. The first-order valence-corrected chi connectivity index (χ1v) is 9.13. The number of carbonyl (C=O) groups is 1. The van der Waals surface area contributed by atoms with E-state index in [1.807, 2.05) is 0 Å². The second kappa shape index (κ2) is 7.60. The first-order chi connectivity index (χ1) is 10.5. The maximum atomic E-state index is 12.1. The maximum absolute atomic E-state index is 12.1. The molecule has 0 atom stereocenters. The average molecular weight is 325 g/mol. The third-order valence-electron chi connectivity index (χ3n) is 3.81. The molecule has 1 aliphatic rings. The Balaban J connectivity index is 1.73. The summed E-state index contributed by atoms with van der Waals surface area (Å²) in [4.78, 5) is 14.3. The largest absolute Gasteiger partial charge is 0.337 e. The number of urea groups is 1. The molecule has 1 saturated heterocycles. The lowest BCUT2D eigenvalue weighted by Crippen LogP contribution is -2.47. The predicted molar refractivity (Wildman–Crippen MR) is 85.5 cm³/mol. The summed E-state index contributed by atoms with van der Waals surface area (Å²) < 4.78 is 24.1. The van der Waals surface area contributed by atoms with E-state index in [4.69, 9.17) is 0 Å². The van der Waals surface area contributed by atoms with Crippen molar-refractivity contribution in [2.24, 2.45) is 0 Å². The fourth-order valence-electron chi connectivity index (χ4n) is 2.43. The molecular formula is C15H23N3O3S. The number of hydrogen-bond donors (Lipinski definition) is 2. The van der Waals surface area contributed by atoms with Gasteiger partial charge in [-0.3, -0.25) is 0 Å². The maximum Gasteiger partial charge on any atom is 0.315 e. The first kappa shape index (κ1) is 16.8. The van der Waals surface area contributed by atoms with Gasteiger partial charge in [-0.15, -0.1) is 0 Å². The molecule has 122 valence electrons. The van der Waals surface area contributed by atoms with Gasteiger partial charge in [0.05, 0.1) is 10.6 Å². The van der Waals surface area contributed by atoms with Crippen molar-refractivity contribution in [1.82, 2.24) is 15.5 Å². The molecule has 0 unspecified atom stereocenters. The Morgan fingerprint density at radius 3 is 2.50 bits per heavy atom. The summed E-state index contributed by atoms with van der Waals surface area (Å²) in [6, 6.07) is 8.15. The Kier molecular flexibility index (Phi) is 5.79. The van der Waals surface area contributed by atoms with Crippen LogP contribution in [0.15, 0.2) is 35.2 Å². The van der Waals surface area contributed by atoms with Crippen LogP contribution in [-0.2, 0) is 9.84 Å². The molecule has 1 aliphatic heterocycles. The quantitative estimate of drug-likeness (QED) is 0.841. The number of carbonyl (C=O) groups excluding carboxylic acids is 1. The van der Waals surface area contributed by atoms with Gasteiger partial charge >= 0.3 is 6.03 Å². The van der Waals surface area contributed by atoms with Crippen LogP contribution in [0.5, 0.6) is 0 Å². The highest BCUT2D eigenvalue weighted by atomic mass is 32.2. The zero-order valence-electron chi connectivity index (χ0n) is 12.8. The minimum absolute atomic E-state index is 0.0994. The van der Waals surface area contributed by atoms with E-state index in [9.17, 15) is 13.2 Å². The van der Waals surface area contributed by atoms with E-state index in [0.717, 1.165) is 25.9 Å². The summed E-state index contributed by atoms with van der Waals surface area (Å²) in [5, 5.41) is 5.52.